The van der Waals surface area contributed by atoms with Crippen LogP contribution in [0.25, 0.3) is 0 Å². The Kier molecular flexibility index (Phi) is 3.15. The van der Waals surface area contributed by atoms with Crippen LogP contribution in [-0.2, 0) is 6.54 Å². The Morgan fingerprint density at radius 1 is 1.25 bits per heavy atom. The van der Waals surface area contributed by atoms with Crippen LogP contribution in [0.3, 0.4) is 0 Å². The van der Waals surface area contributed by atoms with E-state index in [1.807, 2.05) is 19.2 Å². The van der Waals surface area contributed by atoms with E-state index in [0.717, 1.165) is 36.3 Å². The summed E-state index contributed by atoms with van der Waals surface area (Å²) >= 11 is 0. The summed E-state index contributed by atoms with van der Waals surface area (Å²) in [7, 11) is 0. The predicted octanol–water partition coefficient (Wildman–Crippen LogP) is 1.66. The van der Waals surface area contributed by atoms with E-state index < -0.39 is 0 Å². The van der Waals surface area contributed by atoms with Crippen molar-refractivity contribution in [3.8, 4) is 5.88 Å². The molecule has 4 nitrogen and oxygen atoms in total. The van der Waals surface area contributed by atoms with Crippen LogP contribution in [-0.4, -0.2) is 41.7 Å². The number of aromatic nitrogens is 1. The zero-order valence-corrected chi connectivity index (χ0v) is 12.1. The maximum absolute atomic E-state index is 5.41. The molecule has 0 spiro atoms. The van der Waals surface area contributed by atoms with Crippen molar-refractivity contribution < 1.29 is 4.74 Å². The number of fused-ring (bicyclic) bond motifs is 5. The number of nitrogens with one attached hydrogen (secondary N) is 1. The SMILES string of the molecule is CCOc1ccc(CN2[C@@H]3CC[C@H]2[C@H]2CNC[C@H]23)cn1. The van der Waals surface area contributed by atoms with Crippen molar-refractivity contribution in [2.24, 2.45) is 11.8 Å². The summed E-state index contributed by atoms with van der Waals surface area (Å²) in [6.45, 7) is 6.18. The second-order valence-corrected chi connectivity index (χ2v) is 6.31. The predicted molar refractivity (Wildman–Crippen MR) is 77.6 cm³/mol. The van der Waals surface area contributed by atoms with E-state index in [2.05, 4.69) is 21.3 Å². The lowest BCUT2D eigenvalue weighted by Gasteiger charge is -2.24. The fourth-order valence-electron chi connectivity index (χ4n) is 4.58. The molecule has 3 saturated heterocycles. The van der Waals surface area contributed by atoms with Crippen molar-refractivity contribution in [1.29, 1.82) is 0 Å². The zero-order valence-electron chi connectivity index (χ0n) is 12.1. The summed E-state index contributed by atoms with van der Waals surface area (Å²) in [6, 6.07) is 5.77. The highest BCUT2D eigenvalue weighted by Crippen LogP contribution is 2.47. The Labute approximate surface area is 120 Å². The molecule has 4 heterocycles. The first kappa shape index (κ1) is 12.6. The molecule has 3 fully saturated rings. The van der Waals surface area contributed by atoms with Crippen LogP contribution < -0.4 is 10.1 Å². The summed E-state index contributed by atoms with van der Waals surface area (Å²) < 4.78 is 5.41. The van der Waals surface area contributed by atoms with Crippen molar-refractivity contribution >= 4 is 0 Å². The number of nitrogens with zero attached hydrogens (tertiary/aromatic N) is 2. The average molecular weight is 273 g/mol. The Balaban J connectivity index is 1.47. The number of ether oxygens (including phenoxy) is 1. The van der Waals surface area contributed by atoms with Gasteiger partial charge in [0.15, 0.2) is 0 Å². The van der Waals surface area contributed by atoms with Crippen LogP contribution in [0.5, 0.6) is 5.88 Å². The molecular weight excluding hydrogens is 250 g/mol. The Bertz CT molecular complexity index is 457. The molecule has 4 atom stereocenters. The van der Waals surface area contributed by atoms with Gasteiger partial charge in [-0.2, -0.15) is 0 Å². The van der Waals surface area contributed by atoms with Gasteiger partial charge in [0.2, 0.25) is 5.88 Å². The third kappa shape index (κ3) is 1.93. The molecule has 108 valence electrons. The second-order valence-electron chi connectivity index (χ2n) is 6.31. The summed E-state index contributed by atoms with van der Waals surface area (Å²) in [5.41, 5.74) is 1.32. The molecule has 3 aliphatic heterocycles. The molecule has 4 heteroatoms. The van der Waals surface area contributed by atoms with Crippen molar-refractivity contribution in [1.82, 2.24) is 15.2 Å². The molecule has 1 aromatic rings. The average Bonchev–Trinajstić information content (AvgIpc) is 3.14. The fraction of sp³-hybridized carbons (Fsp3) is 0.688. The van der Waals surface area contributed by atoms with Gasteiger partial charge in [0.05, 0.1) is 6.61 Å². The van der Waals surface area contributed by atoms with Gasteiger partial charge in [0, 0.05) is 30.9 Å². The first-order valence-electron chi connectivity index (χ1n) is 7.91. The molecule has 4 rings (SSSR count). The Hall–Kier alpha value is -1.13. The van der Waals surface area contributed by atoms with E-state index in [0.29, 0.717) is 6.61 Å². The maximum Gasteiger partial charge on any atom is 0.213 e. The molecule has 0 saturated carbocycles. The zero-order chi connectivity index (χ0) is 13.5. The topological polar surface area (TPSA) is 37.4 Å². The van der Waals surface area contributed by atoms with Crippen molar-refractivity contribution in [2.45, 2.75) is 38.4 Å². The van der Waals surface area contributed by atoms with E-state index in [-0.39, 0.29) is 0 Å². The first-order chi connectivity index (χ1) is 9.86. The molecule has 3 aliphatic rings. The van der Waals surface area contributed by atoms with E-state index in [4.69, 9.17) is 4.74 Å². The fourth-order valence-corrected chi connectivity index (χ4v) is 4.58. The van der Waals surface area contributed by atoms with Crippen LogP contribution in [0.15, 0.2) is 18.3 Å². The molecule has 2 bridgehead atoms. The number of hydrogen-bond acceptors (Lipinski definition) is 4. The van der Waals surface area contributed by atoms with Gasteiger partial charge in [-0.3, -0.25) is 4.90 Å². The first-order valence-corrected chi connectivity index (χ1v) is 7.91. The summed E-state index contributed by atoms with van der Waals surface area (Å²) in [6.07, 6.45) is 4.76. The van der Waals surface area contributed by atoms with Crippen LogP contribution in [0.2, 0.25) is 0 Å². The normalized spacial score (nSPS) is 35.5. The highest BCUT2D eigenvalue weighted by molar-refractivity contribution is 5.19. The smallest absolute Gasteiger partial charge is 0.213 e. The lowest BCUT2D eigenvalue weighted by atomic mass is 9.82. The van der Waals surface area contributed by atoms with Gasteiger partial charge in [-0.1, -0.05) is 6.07 Å². The third-order valence-electron chi connectivity index (χ3n) is 5.36. The molecule has 0 aromatic carbocycles. The maximum atomic E-state index is 5.41. The highest BCUT2D eigenvalue weighted by Gasteiger charge is 2.54. The molecule has 0 radical (unpaired) electrons. The lowest BCUT2D eigenvalue weighted by Crippen LogP contribution is -2.33. The molecule has 20 heavy (non-hydrogen) atoms. The van der Waals surface area contributed by atoms with E-state index in [9.17, 15) is 0 Å². The molecule has 0 aliphatic carbocycles. The lowest BCUT2D eigenvalue weighted by molar-refractivity contribution is 0.218. The summed E-state index contributed by atoms with van der Waals surface area (Å²) in [5, 5.41) is 3.58. The quantitative estimate of drug-likeness (QED) is 0.905. The summed E-state index contributed by atoms with van der Waals surface area (Å²) in [4.78, 5) is 7.14. The highest BCUT2D eigenvalue weighted by atomic mass is 16.5. The number of hydrogen-bond donors (Lipinski definition) is 1. The second kappa shape index (κ2) is 5.01. The van der Waals surface area contributed by atoms with Crippen molar-refractivity contribution in [3.05, 3.63) is 23.9 Å². The number of rotatable bonds is 4. The standard InChI is InChI=1S/C16H23N3O/c1-2-20-16-6-3-11(7-18-16)10-19-14-4-5-15(19)13-9-17-8-12(13)14/h3,6-7,12-15,17H,2,4-5,8-10H2,1H3/t12-,13+,14-,15+. The minimum absolute atomic E-state index is 0.680. The largest absolute Gasteiger partial charge is 0.478 e. The van der Waals surface area contributed by atoms with E-state index in [1.54, 1.807) is 0 Å². The molecule has 0 amide bonds. The molecule has 1 aromatic heterocycles. The minimum Gasteiger partial charge on any atom is -0.478 e. The van der Waals surface area contributed by atoms with Gasteiger partial charge >= 0.3 is 0 Å². The van der Waals surface area contributed by atoms with Crippen molar-refractivity contribution in [2.75, 3.05) is 19.7 Å². The summed E-state index contributed by atoms with van der Waals surface area (Å²) in [5.74, 6) is 2.52. The van der Waals surface area contributed by atoms with Gasteiger partial charge in [0.25, 0.3) is 0 Å². The monoisotopic (exact) mass is 273 g/mol. The van der Waals surface area contributed by atoms with Crippen LogP contribution >= 0.6 is 0 Å². The van der Waals surface area contributed by atoms with Crippen LogP contribution in [0, 0.1) is 11.8 Å². The van der Waals surface area contributed by atoms with Gasteiger partial charge in [-0.05, 0) is 50.3 Å². The number of pyridine rings is 1. The molecule has 1 N–H and O–H groups in total. The van der Waals surface area contributed by atoms with Gasteiger partial charge < -0.3 is 10.1 Å². The van der Waals surface area contributed by atoms with Crippen molar-refractivity contribution in [3.63, 3.8) is 0 Å². The van der Waals surface area contributed by atoms with Crippen LogP contribution in [0.4, 0.5) is 0 Å². The van der Waals surface area contributed by atoms with E-state index >= 15 is 0 Å². The molecule has 0 unspecified atom stereocenters. The minimum atomic E-state index is 0.680. The third-order valence-corrected chi connectivity index (χ3v) is 5.36. The van der Waals surface area contributed by atoms with Gasteiger partial charge in [0.1, 0.15) is 0 Å². The van der Waals surface area contributed by atoms with Crippen LogP contribution in [0.1, 0.15) is 25.3 Å². The molecular formula is C16H23N3O. The Morgan fingerprint density at radius 3 is 2.60 bits per heavy atom. The van der Waals surface area contributed by atoms with E-state index in [1.165, 1.54) is 31.5 Å². The Morgan fingerprint density at radius 2 is 2.00 bits per heavy atom. The van der Waals surface area contributed by atoms with Gasteiger partial charge in [-0.15, -0.1) is 0 Å². The van der Waals surface area contributed by atoms with Gasteiger partial charge in [-0.25, -0.2) is 4.98 Å².